The van der Waals surface area contributed by atoms with Gasteiger partial charge in [0.15, 0.2) is 0 Å². The van der Waals surface area contributed by atoms with Gasteiger partial charge in [-0.15, -0.1) is 0 Å². The second-order valence-electron chi connectivity index (χ2n) is 6.34. The zero-order valence-corrected chi connectivity index (χ0v) is 15.3. The van der Waals surface area contributed by atoms with Crippen LogP contribution < -0.4 is 15.4 Å². The van der Waals surface area contributed by atoms with Crippen molar-refractivity contribution in [2.75, 3.05) is 33.9 Å². The molecule has 0 bridgehead atoms. The highest BCUT2D eigenvalue weighted by atomic mass is 16.5. The molecular weight excluding hydrogens is 338 g/mol. The van der Waals surface area contributed by atoms with Crippen molar-refractivity contribution in [3.63, 3.8) is 0 Å². The molecule has 0 unspecified atom stereocenters. The lowest BCUT2D eigenvalue weighted by molar-refractivity contribution is -0.134. The first-order valence-electron chi connectivity index (χ1n) is 8.42. The fraction of sp³-hybridized carbons (Fsp3) is 0.500. The molecule has 0 saturated carbocycles. The van der Waals surface area contributed by atoms with Crippen molar-refractivity contribution < 1.29 is 23.9 Å². The molecule has 0 spiro atoms. The van der Waals surface area contributed by atoms with Gasteiger partial charge in [-0.3, -0.25) is 14.5 Å². The third kappa shape index (κ3) is 4.72. The van der Waals surface area contributed by atoms with Crippen molar-refractivity contribution in [1.29, 1.82) is 0 Å². The van der Waals surface area contributed by atoms with Crippen LogP contribution in [-0.2, 0) is 20.7 Å². The summed E-state index contributed by atoms with van der Waals surface area (Å²) >= 11 is 0. The molecule has 1 aromatic carbocycles. The van der Waals surface area contributed by atoms with Crippen LogP contribution in [0.5, 0.6) is 5.75 Å². The van der Waals surface area contributed by atoms with Crippen LogP contribution in [0.25, 0.3) is 0 Å². The summed E-state index contributed by atoms with van der Waals surface area (Å²) in [5, 5.41) is 5.30. The van der Waals surface area contributed by atoms with Crippen LogP contribution in [0.2, 0.25) is 0 Å². The minimum Gasteiger partial charge on any atom is -0.497 e. The van der Waals surface area contributed by atoms with E-state index in [1.165, 1.54) is 7.11 Å². The second kappa shape index (κ2) is 8.66. The smallest absolute Gasteiger partial charge is 0.325 e. The molecule has 2 rings (SSSR count). The Labute approximate surface area is 152 Å². The van der Waals surface area contributed by atoms with Crippen molar-refractivity contribution >= 4 is 17.8 Å². The van der Waals surface area contributed by atoms with E-state index < -0.39 is 23.4 Å². The number of nitrogens with one attached hydrogen (secondary N) is 2. The standard InChI is InChI=1S/C18H25N3O5/c1-18(9-8-13-4-6-14(26-3)7-5-13)16(23)21(17(24)20-18)12-15(22)19-10-11-25-2/h4-7H,8-12H2,1-3H3,(H,19,22)(H,20,24)/t18-/m1/s1. The molecule has 1 aliphatic heterocycles. The number of aryl methyl sites for hydroxylation is 1. The number of hydrogen-bond donors (Lipinski definition) is 2. The Bertz CT molecular complexity index is 661. The van der Waals surface area contributed by atoms with E-state index in [-0.39, 0.29) is 6.54 Å². The van der Waals surface area contributed by atoms with Gasteiger partial charge in [0, 0.05) is 13.7 Å². The lowest BCUT2D eigenvalue weighted by atomic mass is 9.93. The molecule has 1 aliphatic rings. The largest absolute Gasteiger partial charge is 0.497 e. The third-order valence-corrected chi connectivity index (χ3v) is 4.35. The van der Waals surface area contributed by atoms with Gasteiger partial charge in [0.2, 0.25) is 5.91 Å². The Kier molecular flexibility index (Phi) is 6.57. The molecule has 142 valence electrons. The summed E-state index contributed by atoms with van der Waals surface area (Å²) in [5.41, 5.74) is 0.00827. The molecular formula is C18H25N3O5. The highest BCUT2D eigenvalue weighted by Crippen LogP contribution is 2.23. The molecule has 8 nitrogen and oxygen atoms in total. The van der Waals surface area contributed by atoms with Crippen LogP contribution in [0, 0.1) is 0 Å². The van der Waals surface area contributed by atoms with Gasteiger partial charge in [0.1, 0.15) is 17.8 Å². The molecule has 0 aliphatic carbocycles. The van der Waals surface area contributed by atoms with Crippen LogP contribution in [-0.4, -0.2) is 62.2 Å². The first-order valence-corrected chi connectivity index (χ1v) is 8.42. The number of carbonyl (C=O) groups is 3. The number of amides is 4. The fourth-order valence-corrected chi connectivity index (χ4v) is 2.74. The SMILES string of the molecule is COCCNC(=O)CN1C(=O)N[C@](C)(CCc2ccc(OC)cc2)C1=O. The first kappa shape index (κ1) is 19.7. The average molecular weight is 363 g/mol. The Morgan fingerprint density at radius 2 is 1.92 bits per heavy atom. The van der Waals surface area contributed by atoms with Crippen molar-refractivity contribution in [2.24, 2.45) is 0 Å². The molecule has 1 fully saturated rings. The van der Waals surface area contributed by atoms with Crippen LogP contribution in [0.4, 0.5) is 4.79 Å². The Morgan fingerprint density at radius 3 is 2.54 bits per heavy atom. The van der Waals surface area contributed by atoms with Crippen molar-refractivity contribution in [3.8, 4) is 5.75 Å². The molecule has 1 aromatic rings. The molecule has 1 heterocycles. The number of imide groups is 1. The summed E-state index contributed by atoms with van der Waals surface area (Å²) in [6.45, 7) is 2.07. The maximum Gasteiger partial charge on any atom is 0.325 e. The number of ether oxygens (including phenoxy) is 2. The summed E-state index contributed by atoms with van der Waals surface area (Å²) < 4.78 is 9.96. The van der Waals surface area contributed by atoms with Crippen LogP contribution in [0.3, 0.4) is 0 Å². The number of carbonyl (C=O) groups excluding carboxylic acids is 3. The van der Waals surface area contributed by atoms with E-state index in [1.54, 1.807) is 14.0 Å². The average Bonchev–Trinajstić information content (AvgIpc) is 2.84. The first-order chi connectivity index (χ1) is 12.4. The number of methoxy groups -OCH3 is 2. The van der Waals surface area contributed by atoms with E-state index in [9.17, 15) is 14.4 Å². The van der Waals surface area contributed by atoms with Gasteiger partial charge >= 0.3 is 6.03 Å². The van der Waals surface area contributed by atoms with E-state index in [0.29, 0.717) is 26.0 Å². The number of nitrogens with zero attached hydrogens (tertiary/aromatic N) is 1. The topological polar surface area (TPSA) is 97.0 Å². The fourth-order valence-electron chi connectivity index (χ4n) is 2.74. The number of hydrogen-bond acceptors (Lipinski definition) is 5. The third-order valence-electron chi connectivity index (χ3n) is 4.35. The summed E-state index contributed by atoms with van der Waals surface area (Å²) in [5.74, 6) is -0.0290. The normalized spacial score (nSPS) is 19.4. The van der Waals surface area contributed by atoms with E-state index in [0.717, 1.165) is 16.2 Å². The van der Waals surface area contributed by atoms with Gasteiger partial charge < -0.3 is 20.1 Å². The van der Waals surface area contributed by atoms with Gasteiger partial charge in [-0.2, -0.15) is 0 Å². The van der Waals surface area contributed by atoms with E-state index in [2.05, 4.69) is 10.6 Å². The maximum absolute atomic E-state index is 12.6. The van der Waals surface area contributed by atoms with Crippen LogP contribution in [0.15, 0.2) is 24.3 Å². The maximum atomic E-state index is 12.6. The van der Waals surface area contributed by atoms with Gasteiger partial charge in [-0.25, -0.2) is 4.79 Å². The predicted octanol–water partition coefficient (Wildman–Crippen LogP) is 0.701. The Morgan fingerprint density at radius 1 is 1.23 bits per heavy atom. The summed E-state index contributed by atoms with van der Waals surface area (Å²) in [4.78, 5) is 37.6. The van der Waals surface area contributed by atoms with Crippen molar-refractivity contribution in [3.05, 3.63) is 29.8 Å². The van der Waals surface area contributed by atoms with Gasteiger partial charge in [-0.05, 0) is 37.5 Å². The minimum atomic E-state index is -1.02. The van der Waals surface area contributed by atoms with Crippen molar-refractivity contribution in [2.45, 2.75) is 25.3 Å². The number of urea groups is 1. The van der Waals surface area contributed by atoms with Gasteiger partial charge in [0.05, 0.1) is 13.7 Å². The van der Waals surface area contributed by atoms with E-state index >= 15 is 0 Å². The molecule has 1 atom stereocenters. The Balaban J connectivity index is 1.93. The van der Waals surface area contributed by atoms with Crippen LogP contribution >= 0.6 is 0 Å². The highest BCUT2D eigenvalue weighted by Gasteiger charge is 2.47. The lowest BCUT2D eigenvalue weighted by Crippen LogP contribution is -2.45. The molecule has 4 amide bonds. The zero-order valence-electron chi connectivity index (χ0n) is 15.3. The second-order valence-corrected chi connectivity index (χ2v) is 6.34. The summed E-state index contributed by atoms with van der Waals surface area (Å²) in [6, 6.07) is 7.00. The zero-order chi connectivity index (χ0) is 19.2. The van der Waals surface area contributed by atoms with Gasteiger partial charge in [0.25, 0.3) is 5.91 Å². The molecule has 1 saturated heterocycles. The predicted molar refractivity (Wildman–Crippen MR) is 94.9 cm³/mol. The Hall–Kier alpha value is -2.61. The number of benzene rings is 1. The number of rotatable bonds is 9. The molecule has 0 aromatic heterocycles. The van der Waals surface area contributed by atoms with Gasteiger partial charge in [-0.1, -0.05) is 12.1 Å². The monoisotopic (exact) mass is 363 g/mol. The quantitative estimate of drug-likeness (QED) is 0.497. The summed E-state index contributed by atoms with van der Waals surface area (Å²) in [6.07, 6.45) is 1.05. The molecule has 8 heteroatoms. The molecule has 0 radical (unpaired) electrons. The highest BCUT2D eigenvalue weighted by molar-refractivity contribution is 6.08. The minimum absolute atomic E-state index is 0.299. The van der Waals surface area contributed by atoms with E-state index in [1.807, 2.05) is 24.3 Å². The van der Waals surface area contributed by atoms with Crippen LogP contribution in [0.1, 0.15) is 18.9 Å². The molecule has 26 heavy (non-hydrogen) atoms. The lowest BCUT2D eigenvalue weighted by Gasteiger charge is -2.21. The van der Waals surface area contributed by atoms with Crippen molar-refractivity contribution in [1.82, 2.24) is 15.5 Å². The molecule has 2 N–H and O–H groups in total. The summed E-state index contributed by atoms with van der Waals surface area (Å²) in [7, 11) is 3.13. The van der Waals surface area contributed by atoms with E-state index in [4.69, 9.17) is 9.47 Å².